The van der Waals surface area contributed by atoms with Crippen LogP contribution in [0.1, 0.15) is 207 Å². The number of hydrogen-bond acceptors (Lipinski definition) is 2. The van der Waals surface area contributed by atoms with Crippen LogP contribution in [0.25, 0.3) is 0 Å². The highest BCUT2D eigenvalue weighted by Gasteiger charge is 2.09. The van der Waals surface area contributed by atoms with Crippen molar-refractivity contribution in [3.8, 4) is 0 Å². The molecule has 39 heavy (non-hydrogen) atoms. The highest BCUT2D eigenvalue weighted by molar-refractivity contribution is 4.63. The second-order valence-electron chi connectivity index (χ2n) is 12.9. The molecule has 0 saturated carbocycles. The summed E-state index contributed by atoms with van der Waals surface area (Å²) in [6.07, 6.45) is 41.3. The first kappa shape index (κ1) is 38.9. The van der Waals surface area contributed by atoms with Gasteiger partial charge in [0.05, 0.1) is 6.61 Å². The van der Waals surface area contributed by atoms with E-state index in [0.717, 1.165) is 12.5 Å². The average molecular weight is 552 g/mol. The third-order valence-electron chi connectivity index (χ3n) is 9.01. The summed E-state index contributed by atoms with van der Waals surface area (Å²) in [7, 11) is 0. The van der Waals surface area contributed by atoms with Crippen LogP contribution in [0, 0.1) is 5.92 Å². The lowest BCUT2D eigenvalue weighted by Gasteiger charge is -2.21. The lowest BCUT2D eigenvalue weighted by Crippen LogP contribution is -2.29. The summed E-state index contributed by atoms with van der Waals surface area (Å²) in [6.45, 7) is 10.5. The van der Waals surface area contributed by atoms with Crippen molar-refractivity contribution in [2.24, 2.45) is 5.92 Å². The SMILES string of the molecule is CCCCCCCCCCCCCCN(CCO)CCCCCCCC(CCCCCC)CCCCCCC. The summed E-state index contributed by atoms with van der Waals surface area (Å²) in [6, 6.07) is 0. The zero-order valence-corrected chi connectivity index (χ0v) is 27.8. The molecule has 0 aromatic rings. The zero-order valence-electron chi connectivity index (χ0n) is 27.8. The minimum Gasteiger partial charge on any atom is -0.395 e. The van der Waals surface area contributed by atoms with Crippen molar-refractivity contribution in [2.75, 3.05) is 26.2 Å². The van der Waals surface area contributed by atoms with Crippen LogP contribution in [0.3, 0.4) is 0 Å². The molecule has 0 rings (SSSR count). The largest absolute Gasteiger partial charge is 0.395 e. The second kappa shape index (κ2) is 34.1. The van der Waals surface area contributed by atoms with E-state index in [-0.39, 0.29) is 0 Å². The Kier molecular flexibility index (Phi) is 34.1. The number of nitrogens with zero attached hydrogens (tertiary/aromatic N) is 1. The van der Waals surface area contributed by atoms with Crippen LogP contribution in [0.15, 0.2) is 0 Å². The zero-order chi connectivity index (χ0) is 28.5. The maximum absolute atomic E-state index is 9.51. The van der Waals surface area contributed by atoms with Gasteiger partial charge in [-0.3, -0.25) is 0 Å². The number of aliphatic hydroxyl groups is 1. The minimum atomic E-state index is 0.316. The monoisotopic (exact) mass is 552 g/mol. The van der Waals surface area contributed by atoms with Gasteiger partial charge in [-0.15, -0.1) is 0 Å². The van der Waals surface area contributed by atoms with Crippen LogP contribution >= 0.6 is 0 Å². The maximum Gasteiger partial charge on any atom is 0.0558 e. The second-order valence-corrected chi connectivity index (χ2v) is 12.9. The maximum atomic E-state index is 9.51. The Morgan fingerprint density at radius 1 is 0.359 bits per heavy atom. The molecule has 0 aliphatic carbocycles. The van der Waals surface area contributed by atoms with Gasteiger partial charge in [0.1, 0.15) is 0 Å². The van der Waals surface area contributed by atoms with Gasteiger partial charge in [-0.2, -0.15) is 0 Å². The molecule has 2 nitrogen and oxygen atoms in total. The molecule has 2 heteroatoms. The highest BCUT2D eigenvalue weighted by atomic mass is 16.3. The van der Waals surface area contributed by atoms with Crippen molar-refractivity contribution in [2.45, 2.75) is 207 Å². The minimum absolute atomic E-state index is 0.316. The van der Waals surface area contributed by atoms with E-state index in [4.69, 9.17) is 0 Å². The fourth-order valence-corrected chi connectivity index (χ4v) is 6.28. The summed E-state index contributed by atoms with van der Waals surface area (Å²) < 4.78 is 0. The van der Waals surface area contributed by atoms with E-state index in [1.165, 1.54) is 199 Å². The summed E-state index contributed by atoms with van der Waals surface area (Å²) in [4.78, 5) is 2.53. The van der Waals surface area contributed by atoms with E-state index in [1.807, 2.05) is 0 Å². The van der Waals surface area contributed by atoms with Gasteiger partial charge in [-0.25, -0.2) is 0 Å². The fourth-order valence-electron chi connectivity index (χ4n) is 6.28. The molecule has 0 aromatic carbocycles. The van der Waals surface area contributed by atoms with Crippen molar-refractivity contribution in [3.63, 3.8) is 0 Å². The molecule has 0 amide bonds. The number of rotatable bonds is 34. The van der Waals surface area contributed by atoms with Crippen molar-refractivity contribution in [1.29, 1.82) is 0 Å². The van der Waals surface area contributed by atoms with Gasteiger partial charge < -0.3 is 10.0 Å². The van der Waals surface area contributed by atoms with Crippen LogP contribution in [-0.4, -0.2) is 36.2 Å². The molecule has 0 radical (unpaired) electrons. The predicted molar refractivity (Wildman–Crippen MR) is 178 cm³/mol. The first-order valence-corrected chi connectivity index (χ1v) is 18.6. The molecule has 0 fully saturated rings. The van der Waals surface area contributed by atoms with Crippen molar-refractivity contribution < 1.29 is 5.11 Å². The summed E-state index contributed by atoms with van der Waals surface area (Å²) >= 11 is 0. The standard InChI is InChI=1S/C37H77NO/c1-4-7-10-13-14-15-16-17-18-19-23-28-33-38(35-36-39)34-29-24-20-22-27-32-37(30-25-12-9-6-3)31-26-21-11-8-5-2/h37,39H,4-36H2,1-3H3. The lowest BCUT2D eigenvalue weighted by atomic mass is 9.89. The van der Waals surface area contributed by atoms with Gasteiger partial charge >= 0.3 is 0 Å². The van der Waals surface area contributed by atoms with E-state index in [1.54, 1.807) is 0 Å². The quantitative estimate of drug-likeness (QED) is 0.0804. The third-order valence-corrected chi connectivity index (χ3v) is 9.01. The first-order chi connectivity index (χ1) is 19.3. The average Bonchev–Trinajstić information content (AvgIpc) is 2.94. The van der Waals surface area contributed by atoms with Crippen LogP contribution in [-0.2, 0) is 0 Å². The van der Waals surface area contributed by atoms with Crippen LogP contribution in [0.2, 0.25) is 0 Å². The van der Waals surface area contributed by atoms with E-state index >= 15 is 0 Å². The van der Waals surface area contributed by atoms with Crippen LogP contribution in [0.4, 0.5) is 0 Å². The Morgan fingerprint density at radius 2 is 0.641 bits per heavy atom. The van der Waals surface area contributed by atoms with Crippen LogP contribution in [0.5, 0.6) is 0 Å². The van der Waals surface area contributed by atoms with Gasteiger partial charge in [-0.05, 0) is 31.8 Å². The molecule has 0 aromatic heterocycles. The molecule has 0 bridgehead atoms. The summed E-state index contributed by atoms with van der Waals surface area (Å²) in [5.74, 6) is 0.999. The number of aliphatic hydroxyl groups excluding tert-OH is 1. The van der Waals surface area contributed by atoms with Crippen molar-refractivity contribution >= 4 is 0 Å². The van der Waals surface area contributed by atoms with Crippen molar-refractivity contribution in [3.05, 3.63) is 0 Å². The fraction of sp³-hybridized carbons (Fsp3) is 1.00. The molecule has 1 atom stereocenters. The van der Waals surface area contributed by atoms with E-state index in [9.17, 15) is 5.11 Å². The van der Waals surface area contributed by atoms with Crippen LogP contribution < -0.4 is 0 Å². The van der Waals surface area contributed by atoms with E-state index in [2.05, 4.69) is 25.7 Å². The molecule has 0 saturated heterocycles. The van der Waals surface area contributed by atoms with Gasteiger partial charge in [-0.1, -0.05) is 194 Å². The Labute approximate surface area is 248 Å². The Hall–Kier alpha value is -0.0800. The van der Waals surface area contributed by atoms with Gasteiger partial charge in [0.25, 0.3) is 0 Å². The molecular weight excluding hydrogens is 474 g/mol. The molecule has 0 aliphatic heterocycles. The molecule has 236 valence electrons. The topological polar surface area (TPSA) is 23.5 Å². The van der Waals surface area contributed by atoms with Gasteiger partial charge in [0, 0.05) is 6.54 Å². The van der Waals surface area contributed by atoms with Crippen molar-refractivity contribution in [1.82, 2.24) is 4.90 Å². The summed E-state index contributed by atoms with van der Waals surface area (Å²) in [5.41, 5.74) is 0. The normalized spacial score (nSPS) is 12.5. The van der Waals surface area contributed by atoms with E-state index in [0.29, 0.717) is 6.61 Å². The Balaban J connectivity index is 3.79. The number of hydrogen-bond donors (Lipinski definition) is 1. The smallest absolute Gasteiger partial charge is 0.0558 e. The highest BCUT2D eigenvalue weighted by Crippen LogP contribution is 2.24. The third kappa shape index (κ3) is 30.7. The molecule has 1 N–H and O–H groups in total. The van der Waals surface area contributed by atoms with Gasteiger partial charge in [0.15, 0.2) is 0 Å². The van der Waals surface area contributed by atoms with Gasteiger partial charge in [0.2, 0.25) is 0 Å². The molecule has 1 unspecified atom stereocenters. The molecular formula is C37H77NO. The molecule has 0 spiro atoms. The Morgan fingerprint density at radius 3 is 0.974 bits per heavy atom. The predicted octanol–water partition coefficient (Wildman–Crippen LogP) is 12.3. The Bertz CT molecular complexity index is 426. The molecule has 0 heterocycles. The lowest BCUT2D eigenvalue weighted by molar-refractivity contribution is 0.190. The first-order valence-electron chi connectivity index (χ1n) is 18.6. The number of unbranched alkanes of at least 4 members (excludes halogenated alkanes) is 22. The summed E-state index contributed by atoms with van der Waals surface area (Å²) in [5, 5.41) is 9.51. The van der Waals surface area contributed by atoms with E-state index < -0.39 is 0 Å². The molecule has 0 aliphatic rings.